The van der Waals surface area contributed by atoms with E-state index in [-0.39, 0.29) is 11.8 Å². The molecule has 1 heterocycles. The van der Waals surface area contributed by atoms with Crippen LogP contribution >= 0.6 is 0 Å². The number of carbonyl (C=O) groups excluding carboxylic acids is 3. The zero-order chi connectivity index (χ0) is 14.0. The van der Waals surface area contributed by atoms with E-state index in [1.807, 2.05) is 0 Å². The van der Waals surface area contributed by atoms with Gasteiger partial charge in [0.05, 0.1) is 5.92 Å². The summed E-state index contributed by atoms with van der Waals surface area (Å²) in [6.07, 6.45) is 2.81. The van der Waals surface area contributed by atoms with Gasteiger partial charge in [0.2, 0.25) is 17.7 Å². The van der Waals surface area contributed by atoms with Crippen molar-refractivity contribution in [1.29, 1.82) is 0 Å². The monoisotopic (exact) mass is 267 g/mol. The molecule has 2 aliphatic rings. The summed E-state index contributed by atoms with van der Waals surface area (Å²) in [5, 5.41) is 0. The maximum absolute atomic E-state index is 12.1. The predicted octanol–water partition coefficient (Wildman–Crippen LogP) is -0.421. The van der Waals surface area contributed by atoms with Crippen molar-refractivity contribution in [1.82, 2.24) is 9.80 Å². The highest BCUT2D eigenvalue weighted by molar-refractivity contribution is 5.81. The van der Waals surface area contributed by atoms with Crippen molar-refractivity contribution in [3.05, 3.63) is 0 Å². The minimum Gasteiger partial charge on any atom is -0.369 e. The molecule has 2 N–H and O–H groups in total. The van der Waals surface area contributed by atoms with Gasteiger partial charge in [-0.05, 0) is 18.8 Å². The zero-order valence-corrected chi connectivity index (χ0v) is 11.3. The SMILES string of the molecule is CC(=O)N1CCN(C(=O)CC2CC2)CC(C(N)=O)C1. The lowest BCUT2D eigenvalue weighted by Gasteiger charge is -2.22. The van der Waals surface area contributed by atoms with E-state index in [0.717, 1.165) is 12.8 Å². The number of carbonyl (C=O) groups is 3. The van der Waals surface area contributed by atoms with Crippen molar-refractivity contribution in [2.45, 2.75) is 26.2 Å². The number of hydrogen-bond donors (Lipinski definition) is 1. The Morgan fingerprint density at radius 2 is 1.68 bits per heavy atom. The van der Waals surface area contributed by atoms with Crippen molar-refractivity contribution >= 4 is 17.7 Å². The Balaban J connectivity index is 2.02. The summed E-state index contributed by atoms with van der Waals surface area (Å²) in [6, 6.07) is 0. The predicted molar refractivity (Wildman–Crippen MR) is 68.9 cm³/mol. The van der Waals surface area contributed by atoms with Gasteiger partial charge < -0.3 is 15.5 Å². The van der Waals surface area contributed by atoms with Crippen LogP contribution in [0.2, 0.25) is 0 Å². The number of hydrogen-bond acceptors (Lipinski definition) is 3. The standard InChI is InChI=1S/C13H21N3O3/c1-9(17)15-4-5-16(8-11(7-15)13(14)19)12(18)6-10-2-3-10/h10-11H,2-8H2,1H3,(H2,14,19). The highest BCUT2D eigenvalue weighted by Gasteiger charge is 2.32. The van der Waals surface area contributed by atoms with Crippen LogP contribution in [0, 0.1) is 11.8 Å². The van der Waals surface area contributed by atoms with Crippen molar-refractivity contribution < 1.29 is 14.4 Å². The van der Waals surface area contributed by atoms with Gasteiger partial charge in [-0.2, -0.15) is 0 Å². The van der Waals surface area contributed by atoms with Crippen molar-refractivity contribution in [3.63, 3.8) is 0 Å². The largest absolute Gasteiger partial charge is 0.369 e. The van der Waals surface area contributed by atoms with Crippen LogP contribution in [0.25, 0.3) is 0 Å². The molecule has 1 aliphatic carbocycles. The van der Waals surface area contributed by atoms with Gasteiger partial charge in [0, 0.05) is 39.5 Å². The number of amides is 3. The fourth-order valence-corrected chi connectivity index (χ4v) is 2.40. The first-order chi connectivity index (χ1) is 8.97. The summed E-state index contributed by atoms with van der Waals surface area (Å²) in [7, 11) is 0. The fourth-order valence-electron chi connectivity index (χ4n) is 2.40. The van der Waals surface area contributed by atoms with Gasteiger partial charge in [-0.1, -0.05) is 0 Å². The minimum atomic E-state index is -0.463. The molecule has 2 fully saturated rings. The average Bonchev–Trinajstić information content (AvgIpc) is 3.12. The molecule has 0 aromatic rings. The molecule has 2 rings (SSSR count). The summed E-state index contributed by atoms with van der Waals surface area (Å²) in [4.78, 5) is 38.3. The molecule has 3 amide bonds. The maximum atomic E-state index is 12.1. The summed E-state index contributed by atoms with van der Waals surface area (Å²) in [6.45, 7) is 3.10. The van der Waals surface area contributed by atoms with Crippen LogP contribution in [-0.4, -0.2) is 53.7 Å². The molecule has 1 aliphatic heterocycles. The molecule has 1 atom stereocenters. The fraction of sp³-hybridized carbons (Fsp3) is 0.769. The number of primary amides is 1. The third-order valence-corrected chi connectivity index (χ3v) is 3.88. The molecule has 0 radical (unpaired) electrons. The summed E-state index contributed by atoms with van der Waals surface area (Å²) >= 11 is 0. The van der Waals surface area contributed by atoms with Gasteiger partial charge in [0.1, 0.15) is 0 Å². The minimum absolute atomic E-state index is 0.0808. The molecule has 19 heavy (non-hydrogen) atoms. The van der Waals surface area contributed by atoms with Crippen LogP contribution in [0.3, 0.4) is 0 Å². The molecule has 0 bridgehead atoms. The third kappa shape index (κ3) is 3.68. The Morgan fingerprint density at radius 1 is 1.11 bits per heavy atom. The van der Waals surface area contributed by atoms with E-state index in [9.17, 15) is 14.4 Å². The van der Waals surface area contributed by atoms with Gasteiger partial charge >= 0.3 is 0 Å². The molecule has 106 valence electrons. The summed E-state index contributed by atoms with van der Waals surface area (Å²) < 4.78 is 0. The Bertz CT molecular complexity index is 393. The summed E-state index contributed by atoms with van der Waals surface area (Å²) in [5.74, 6) is -0.388. The van der Waals surface area contributed by atoms with Crippen LogP contribution in [0.15, 0.2) is 0 Å². The molecule has 1 saturated heterocycles. The lowest BCUT2D eigenvalue weighted by Crippen LogP contribution is -2.40. The second kappa shape index (κ2) is 5.59. The van der Waals surface area contributed by atoms with E-state index < -0.39 is 11.8 Å². The average molecular weight is 267 g/mol. The Labute approximate surface area is 112 Å². The molecular weight excluding hydrogens is 246 g/mol. The van der Waals surface area contributed by atoms with E-state index in [0.29, 0.717) is 38.5 Å². The highest BCUT2D eigenvalue weighted by Crippen LogP contribution is 2.33. The number of nitrogens with zero attached hydrogens (tertiary/aromatic N) is 2. The maximum Gasteiger partial charge on any atom is 0.224 e. The van der Waals surface area contributed by atoms with Gasteiger partial charge in [-0.15, -0.1) is 0 Å². The van der Waals surface area contributed by atoms with Crippen LogP contribution in [0.1, 0.15) is 26.2 Å². The molecule has 6 heteroatoms. The van der Waals surface area contributed by atoms with Crippen molar-refractivity contribution in [3.8, 4) is 0 Å². The lowest BCUT2D eigenvalue weighted by atomic mass is 10.1. The quantitative estimate of drug-likeness (QED) is 0.753. The first kappa shape index (κ1) is 13.8. The normalized spacial score (nSPS) is 23.9. The Kier molecular flexibility index (Phi) is 4.07. The zero-order valence-electron chi connectivity index (χ0n) is 11.3. The van der Waals surface area contributed by atoms with E-state index in [1.54, 1.807) is 9.80 Å². The highest BCUT2D eigenvalue weighted by atomic mass is 16.2. The third-order valence-electron chi connectivity index (χ3n) is 3.88. The lowest BCUT2D eigenvalue weighted by molar-refractivity contribution is -0.133. The van der Waals surface area contributed by atoms with Crippen molar-refractivity contribution in [2.75, 3.05) is 26.2 Å². The molecule has 6 nitrogen and oxygen atoms in total. The molecule has 1 saturated carbocycles. The van der Waals surface area contributed by atoms with E-state index in [4.69, 9.17) is 5.73 Å². The first-order valence-corrected chi connectivity index (χ1v) is 6.80. The Hall–Kier alpha value is -1.59. The van der Waals surface area contributed by atoms with E-state index in [1.165, 1.54) is 6.92 Å². The van der Waals surface area contributed by atoms with Gasteiger partial charge in [0.15, 0.2) is 0 Å². The van der Waals surface area contributed by atoms with Gasteiger partial charge in [-0.25, -0.2) is 0 Å². The van der Waals surface area contributed by atoms with Crippen molar-refractivity contribution in [2.24, 2.45) is 17.6 Å². The van der Waals surface area contributed by atoms with E-state index >= 15 is 0 Å². The molecule has 0 aromatic carbocycles. The van der Waals surface area contributed by atoms with Crippen LogP contribution in [-0.2, 0) is 14.4 Å². The van der Waals surface area contributed by atoms with Crippen LogP contribution in [0.5, 0.6) is 0 Å². The van der Waals surface area contributed by atoms with Crippen LogP contribution in [0.4, 0.5) is 0 Å². The second-order valence-electron chi connectivity index (χ2n) is 5.55. The second-order valence-corrected chi connectivity index (χ2v) is 5.55. The number of nitrogens with two attached hydrogens (primary N) is 1. The Morgan fingerprint density at radius 3 is 2.21 bits per heavy atom. The van der Waals surface area contributed by atoms with Gasteiger partial charge in [-0.3, -0.25) is 14.4 Å². The topological polar surface area (TPSA) is 83.7 Å². The molecule has 0 spiro atoms. The summed E-state index contributed by atoms with van der Waals surface area (Å²) in [5.41, 5.74) is 5.36. The number of rotatable bonds is 3. The van der Waals surface area contributed by atoms with Crippen LogP contribution < -0.4 is 5.73 Å². The molecule has 0 aromatic heterocycles. The molecular formula is C13H21N3O3. The first-order valence-electron chi connectivity index (χ1n) is 6.80. The molecule has 1 unspecified atom stereocenters. The van der Waals surface area contributed by atoms with E-state index in [2.05, 4.69) is 0 Å². The smallest absolute Gasteiger partial charge is 0.224 e. The van der Waals surface area contributed by atoms with Gasteiger partial charge in [0.25, 0.3) is 0 Å².